The van der Waals surface area contributed by atoms with Crippen LogP contribution in [0.1, 0.15) is 0 Å². The Labute approximate surface area is 83.4 Å². The third-order valence-electron chi connectivity index (χ3n) is 1.88. The summed E-state index contributed by atoms with van der Waals surface area (Å²) in [5.41, 5.74) is -0.187. The molecule has 0 spiro atoms. The second kappa shape index (κ2) is 3.61. The van der Waals surface area contributed by atoms with Crippen LogP contribution in [0.25, 0.3) is 11.3 Å². The number of halogens is 2. The summed E-state index contributed by atoms with van der Waals surface area (Å²) >= 11 is 0. The van der Waals surface area contributed by atoms with E-state index in [1.165, 1.54) is 12.1 Å². The predicted molar refractivity (Wildman–Crippen MR) is 50.2 cm³/mol. The number of hydrogen-bond donors (Lipinski definition) is 1. The van der Waals surface area contributed by atoms with Crippen molar-refractivity contribution in [3.05, 3.63) is 52.3 Å². The van der Waals surface area contributed by atoms with Crippen LogP contribution >= 0.6 is 0 Å². The van der Waals surface area contributed by atoms with E-state index in [-0.39, 0.29) is 11.3 Å². The maximum absolute atomic E-state index is 13.3. The van der Waals surface area contributed by atoms with Crippen LogP contribution in [0.5, 0.6) is 0 Å². The number of benzene rings is 1. The van der Waals surface area contributed by atoms with E-state index in [1.54, 1.807) is 0 Å². The highest BCUT2D eigenvalue weighted by Gasteiger charge is 2.07. The van der Waals surface area contributed by atoms with Gasteiger partial charge in [0.1, 0.15) is 11.6 Å². The lowest BCUT2D eigenvalue weighted by atomic mass is 10.1. The molecule has 1 heterocycles. The van der Waals surface area contributed by atoms with Crippen LogP contribution in [-0.4, -0.2) is 10.2 Å². The van der Waals surface area contributed by atoms with Crippen molar-refractivity contribution in [2.45, 2.75) is 0 Å². The van der Waals surface area contributed by atoms with Gasteiger partial charge in [-0.2, -0.15) is 5.10 Å². The maximum atomic E-state index is 13.3. The molecule has 2 aromatic rings. The Hall–Kier alpha value is -2.04. The van der Waals surface area contributed by atoms with Crippen LogP contribution in [0.3, 0.4) is 0 Å². The summed E-state index contributed by atoms with van der Waals surface area (Å²) in [5, 5.41) is 5.76. The Kier molecular flexibility index (Phi) is 2.29. The zero-order valence-corrected chi connectivity index (χ0v) is 7.50. The van der Waals surface area contributed by atoms with Gasteiger partial charge in [-0.25, -0.2) is 13.9 Å². The van der Waals surface area contributed by atoms with Crippen LogP contribution in [-0.2, 0) is 0 Å². The first-order valence-corrected chi connectivity index (χ1v) is 4.18. The molecule has 2 rings (SSSR count). The Balaban J connectivity index is 2.58. The SMILES string of the molecule is O=c1ccc(-c2cc(F)ccc2F)n[nH]1. The van der Waals surface area contributed by atoms with Gasteiger partial charge in [0.15, 0.2) is 0 Å². The largest absolute Gasteiger partial charge is 0.268 e. The zero-order chi connectivity index (χ0) is 10.8. The van der Waals surface area contributed by atoms with Crippen molar-refractivity contribution in [1.82, 2.24) is 10.2 Å². The van der Waals surface area contributed by atoms with E-state index in [4.69, 9.17) is 0 Å². The van der Waals surface area contributed by atoms with E-state index in [0.29, 0.717) is 0 Å². The molecule has 1 aromatic heterocycles. The van der Waals surface area contributed by atoms with Crippen molar-refractivity contribution in [2.24, 2.45) is 0 Å². The van der Waals surface area contributed by atoms with Gasteiger partial charge in [-0.15, -0.1) is 0 Å². The fourth-order valence-electron chi connectivity index (χ4n) is 1.19. The topological polar surface area (TPSA) is 45.8 Å². The molecular formula is C10H6F2N2O. The average molecular weight is 208 g/mol. The second-order valence-electron chi connectivity index (χ2n) is 2.93. The first-order chi connectivity index (χ1) is 7.16. The summed E-state index contributed by atoms with van der Waals surface area (Å²) in [7, 11) is 0. The molecule has 0 saturated heterocycles. The van der Waals surface area contributed by atoms with Crippen LogP contribution in [0.2, 0.25) is 0 Å². The van der Waals surface area contributed by atoms with Crippen molar-refractivity contribution < 1.29 is 8.78 Å². The van der Waals surface area contributed by atoms with Crippen LogP contribution < -0.4 is 5.56 Å². The molecule has 0 aliphatic carbocycles. The fourth-order valence-corrected chi connectivity index (χ4v) is 1.19. The molecule has 0 atom stereocenters. The Morgan fingerprint density at radius 3 is 2.60 bits per heavy atom. The standard InChI is InChI=1S/C10H6F2N2O/c11-6-1-2-8(12)7(5-6)9-3-4-10(15)14-13-9/h1-5H,(H,14,15). The van der Waals surface area contributed by atoms with Gasteiger partial charge in [0.2, 0.25) is 0 Å². The molecule has 0 amide bonds. The summed E-state index contributed by atoms with van der Waals surface area (Å²) in [6.07, 6.45) is 0. The molecule has 0 saturated carbocycles. The highest BCUT2D eigenvalue weighted by atomic mass is 19.1. The van der Waals surface area contributed by atoms with Gasteiger partial charge in [-0.05, 0) is 24.3 Å². The van der Waals surface area contributed by atoms with Crippen molar-refractivity contribution in [1.29, 1.82) is 0 Å². The maximum Gasteiger partial charge on any atom is 0.264 e. The molecule has 1 N–H and O–H groups in total. The molecule has 0 radical (unpaired) electrons. The van der Waals surface area contributed by atoms with Gasteiger partial charge in [0, 0.05) is 11.6 Å². The van der Waals surface area contributed by atoms with Crippen molar-refractivity contribution >= 4 is 0 Å². The third-order valence-corrected chi connectivity index (χ3v) is 1.88. The Morgan fingerprint density at radius 2 is 1.93 bits per heavy atom. The molecule has 1 aromatic carbocycles. The molecule has 0 aliphatic rings. The molecule has 3 nitrogen and oxygen atoms in total. The lowest BCUT2D eigenvalue weighted by Gasteiger charge is -2.01. The van der Waals surface area contributed by atoms with E-state index < -0.39 is 17.2 Å². The summed E-state index contributed by atoms with van der Waals surface area (Å²) < 4.78 is 26.1. The first-order valence-electron chi connectivity index (χ1n) is 4.18. The Morgan fingerprint density at radius 1 is 1.13 bits per heavy atom. The minimum absolute atomic E-state index is 0.0197. The number of hydrogen-bond acceptors (Lipinski definition) is 2. The molecule has 0 aliphatic heterocycles. The number of aromatic amines is 1. The summed E-state index contributed by atoms with van der Waals surface area (Å²) in [6, 6.07) is 5.58. The minimum atomic E-state index is -0.587. The molecule has 15 heavy (non-hydrogen) atoms. The molecule has 0 fully saturated rings. The lowest BCUT2D eigenvalue weighted by molar-refractivity contribution is 0.602. The molecule has 0 unspecified atom stereocenters. The van der Waals surface area contributed by atoms with Gasteiger partial charge in [-0.3, -0.25) is 4.79 Å². The van der Waals surface area contributed by atoms with E-state index in [1.807, 2.05) is 0 Å². The first kappa shape index (κ1) is 9.51. The molecule has 76 valence electrons. The minimum Gasteiger partial charge on any atom is -0.268 e. The Bertz CT molecular complexity index is 531. The second-order valence-corrected chi connectivity index (χ2v) is 2.93. The van der Waals surface area contributed by atoms with E-state index in [9.17, 15) is 13.6 Å². The zero-order valence-electron chi connectivity index (χ0n) is 7.50. The van der Waals surface area contributed by atoms with Crippen molar-refractivity contribution in [2.75, 3.05) is 0 Å². The quantitative estimate of drug-likeness (QED) is 0.775. The van der Waals surface area contributed by atoms with Crippen LogP contribution in [0.4, 0.5) is 8.78 Å². The summed E-state index contributed by atoms with van der Waals surface area (Å²) in [4.78, 5) is 10.7. The predicted octanol–water partition coefficient (Wildman–Crippen LogP) is 1.72. The van der Waals surface area contributed by atoms with Gasteiger partial charge in [0.25, 0.3) is 5.56 Å². The van der Waals surface area contributed by atoms with Gasteiger partial charge in [-0.1, -0.05) is 0 Å². The van der Waals surface area contributed by atoms with E-state index >= 15 is 0 Å². The van der Waals surface area contributed by atoms with Crippen LogP contribution in [0.15, 0.2) is 35.1 Å². The number of rotatable bonds is 1. The average Bonchev–Trinajstić information content (AvgIpc) is 2.23. The van der Waals surface area contributed by atoms with Gasteiger partial charge >= 0.3 is 0 Å². The van der Waals surface area contributed by atoms with Gasteiger partial charge in [0.05, 0.1) is 5.69 Å². The van der Waals surface area contributed by atoms with Crippen molar-refractivity contribution in [3.8, 4) is 11.3 Å². The summed E-state index contributed by atoms with van der Waals surface area (Å²) in [5.74, 6) is -1.14. The normalized spacial score (nSPS) is 10.3. The third kappa shape index (κ3) is 1.90. The monoisotopic (exact) mass is 208 g/mol. The molecule has 5 heteroatoms. The highest BCUT2D eigenvalue weighted by molar-refractivity contribution is 5.58. The van der Waals surface area contributed by atoms with Crippen molar-refractivity contribution in [3.63, 3.8) is 0 Å². The number of aromatic nitrogens is 2. The van der Waals surface area contributed by atoms with Crippen LogP contribution in [0, 0.1) is 11.6 Å². The summed E-state index contributed by atoms with van der Waals surface area (Å²) in [6.45, 7) is 0. The smallest absolute Gasteiger partial charge is 0.264 e. The number of nitrogens with one attached hydrogen (secondary N) is 1. The van der Waals surface area contributed by atoms with E-state index in [2.05, 4.69) is 10.2 Å². The number of H-pyrrole nitrogens is 1. The number of nitrogens with zero attached hydrogens (tertiary/aromatic N) is 1. The lowest BCUT2D eigenvalue weighted by Crippen LogP contribution is -2.06. The fraction of sp³-hybridized carbons (Fsp3) is 0. The van der Waals surface area contributed by atoms with E-state index in [0.717, 1.165) is 18.2 Å². The molecule has 0 bridgehead atoms. The van der Waals surface area contributed by atoms with Gasteiger partial charge < -0.3 is 0 Å². The molecular weight excluding hydrogens is 202 g/mol. The highest BCUT2D eigenvalue weighted by Crippen LogP contribution is 2.20.